The van der Waals surface area contributed by atoms with Crippen LogP contribution in [0.1, 0.15) is 12.1 Å². The molecule has 0 spiro atoms. The van der Waals surface area contributed by atoms with E-state index in [-0.39, 0.29) is 5.92 Å². The maximum Gasteiger partial charge on any atom is 0.308 e. The molecule has 1 atom stereocenters. The largest absolute Gasteiger partial charge is 0.481 e. The van der Waals surface area contributed by atoms with Crippen LogP contribution in [0.25, 0.3) is 11.4 Å². The van der Waals surface area contributed by atoms with E-state index in [2.05, 4.69) is 25.9 Å². The fourth-order valence-corrected chi connectivity index (χ4v) is 2.95. The van der Waals surface area contributed by atoms with Crippen LogP contribution in [-0.2, 0) is 17.8 Å². The number of aromatic nitrogens is 3. The summed E-state index contributed by atoms with van der Waals surface area (Å²) in [5.74, 6) is -1.05. The molecule has 0 amide bonds. The Kier molecular flexibility index (Phi) is 2.74. The van der Waals surface area contributed by atoms with E-state index in [9.17, 15) is 4.79 Å². The summed E-state index contributed by atoms with van der Waals surface area (Å²) in [5.41, 5.74) is 2.98. The van der Waals surface area contributed by atoms with Gasteiger partial charge in [-0.15, -0.1) is 0 Å². The molecule has 2 aromatic heterocycles. The van der Waals surface area contributed by atoms with Gasteiger partial charge in [-0.25, -0.2) is 4.98 Å². The number of H-pyrrole nitrogens is 1. The van der Waals surface area contributed by atoms with Gasteiger partial charge >= 0.3 is 5.97 Å². The van der Waals surface area contributed by atoms with Crippen molar-refractivity contribution in [3.8, 4) is 11.4 Å². The van der Waals surface area contributed by atoms with Gasteiger partial charge in [-0.1, -0.05) is 0 Å². The van der Waals surface area contributed by atoms with Crippen LogP contribution < -0.4 is 0 Å². The molecule has 0 saturated heterocycles. The molecule has 3 heterocycles. The van der Waals surface area contributed by atoms with E-state index in [1.165, 1.54) is 0 Å². The summed E-state index contributed by atoms with van der Waals surface area (Å²) < 4.78 is 2.66. The first kappa shape index (κ1) is 11.5. The highest BCUT2D eigenvalue weighted by Crippen LogP contribution is 2.32. The van der Waals surface area contributed by atoms with Gasteiger partial charge in [0.05, 0.1) is 11.6 Å². The summed E-state index contributed by atoms with van der Waals surface area (Å²) in [5, 5.41) is 9.09. The molecule has 0 bridgehead atoms. The summed E-state index contributed by atoms with van der Waals surface area (Å²) >= 11 is 3.41. The van der Waals surface area contributed by atoms with Gasteiger partial charge in [0.15, 0.2) is 4.73 Å². The molecule has 1 aliphatic rings. The number of nitrogens with one attached hydrogen (secondary N) is 1. The molecule has 0 radical (unpaired) electrons. The average Bonchev–Trinajstić information content (AvgIpc) is 2.97. The summed E-state index contributed by atoms with van der Waals surface area (Å²) in [6, 6.07) is 3.90. The van der Waals surface area contributed by atoms with Crippen molar-refractivity contribution in [2.75, 3.05) is 0 Å². The second-order valence-corrected chi connectivity index (χ2v) is 5.15. The monoisotopic (exact) mass is 309 g/mol. The van der Waals surface area contributed by atoms with E-state index >= 15 is 0 Å². The van der Waals surface area contributed by atoms with Crippen molar-refractivity contribution in [1.29, 1.82) is 0 Å². The Morgan fingerprint density at radius 1 is 1.61 bits per heavy atom. The van der Waals surface area contributed by atoms with Gasteiger partial charge in [-0.05, 0) is 40.9 Å². The van der Waals surface area contributed by atoms with E-state index < -0.39 is 5.97 Å². The Bertz CT molecular complexity index is 589. The predicted molar refractivity (Wildman–Crippen MR) is 69.2 cm³/mol. The summed E-state index contributed by atoms with van der Waals surface area (Å²) in [6.45, 7) is 0.485. The Hall–Kier alpha value is -1.56. The van der Waals surface area contributed by atoms with Crippen LogP contribution >= 0.6 is 15.9 Å². The molecular formula is C12H12BrN3O2. The molecule has 6 heteroatoms. The van der Waals surface area contributed by atoms with Gasteiger partial charge in [0, 0.05) is 18.4 Å². The highest BCUT2D eigenvalue weighted by atomic mass is 79.9. The number of fused-ring (bicyclic) bond motifs is 1. The first-order valence-corrected chi connectivity index (χ1v) is 6.57. The Balaban J connectivity index is 2.03. The normalized spacial score (nSPS) is 18.6. The zero-order valence-corrected chi connectivity index (χ0v) is 11.1. The number of halogens is 1. The van der Waals surface area contributed by atoms with Gasteiger partial charge in [-0.2, -0.15) is 0 Å². The molecule has 2 N–H and O–H groups in total. The molecule has 0 aliphatic carbocycles. The maximum atomic E-state index is 11.1. The average molecular weight is 310 g/mol. The quantitative estimate of drug-likeness (QED) is 0.894. The minimum absolute atomic E-state index is 0.320. The standard InChI is InChI=1S/C12H12BrN3O2/c13-12-15-10(8-2-1-5-14-8)9-4-3-7(11(17)18)6-16(9)12/h1-2,5,7,14H,3-4,6H2,(H,17,18). The van der Waals surface area contributed by atoms with Gasteiger partial charge in [0.1, 0.15) is 5.69 Å². The number of imidazole rings is 1. The lowest BCUT2D eigenvalue weighted by Gasteiger charge is -2.21. The summed E-state index contributed by atoms with van der Waals surface area (Å²) in [7, 11) is 0. The molecule has 3 rings (SSSR count). The van der Waals surface area contributed by atoms with Crippen LogP contribution in [0, 0.1) is 5.92 Å². The fraction of sp³-hybridized carbons (Fsp3) is 0.333. The van der Waals surface area contributed by atoms with E-state index in [1.807, 2.05) is 22.9 Å². The van der Waals surface area contributed by atoms with Crippen LogP contribution in [0.3, 0.4) is 0 Å². The molecule has 5 nitrogen and oxygen atoms in total. The fourth-order valence-electron chi connectivity index (χ4n) is 2.41. The Morgan fingerprint density at radius 3 is 3.11 bits per heavy atom. The van der Waals surface area contributed by atoms with Crippen LogP contribution in [-0.4, -0.2) is 25.6 Å². The minimum atomic E-state index is -0.734. The van der Waals surface area contributed by atoms with Crippen molar-refractivity contribution < 1.29 is 9.90 Å². The summed E-state index contributed by atoms with van der Waals surface area (Å²) in [4.78, 5) is 18.7. The van der Waals surface area contributed by atoms with Crippen LogP contribution in [0.15, 0.2) is 23.1 Å². The number of carboxylic acids is 1. The first-order chi connectivity index (χ1) is 8.66. The van der Waals surface area contributed by atoms with Crippen molar-refractivity contribution in [3.05, 3.63) is 28.8 Å². The van der Waals surface area contributed by atoms with Crippen molar-refractivity contribution >= 4 is 21.9 Å². The molecule has 18 heavy (non-hydrogen) atoms. The number of aromatic amines is 1. The van der Waals surface area contributed by atoms with E-state index in [1.54, 1.807) is 0 Å². The molecule has 0 aromatic carbocycles. The number of hydrogen-bond acceptors (Lipinski definition) is 2. The van der Waals surface area contributed by atoms with Gasteiger partial charge in [0.25, 0.3) is 0 Å². The Labute approximate surface area is 112 Å². The van der Waals surface area contributed by atoms with E-state index in [4.69, 9.17) is 5.11 Å². The molecule has 1 aliphatic heterocycles. The topological polar surface area (TPSA) is 70.9 Å². The van der Waals surface area contributed by atoms with Crippen molar-refractivity contribution in [2.45, 2.75) is 19.4 Å². The number of aliphatic carboxylic acids is 1. The summed E-state index contributed by atoms with van der Waals surface area (Å²) in [6.07, 6.45) is 3.27. The number of carbonyl (C=O) groups is 1. The van der Waals surface area contributed by atoms with Crippen molar-refractivity contribution in [3.63, 3.8) is 0 Å². The lowest BCUT2D eigenvalue weighted by Crippen LogP contribution is -2.26. The zero-order valence-electron chi connectivity index (χ0n) is 9.56. The zero-order chi connectivity index (χ0) is 12.7. The second-order valence-electron chi connectivity index (χ2n) is 4.44. The van der Waals surface area contributed by atoms with Crippen molar-refractivity contribution in [1.82, 2.24) is 14.5 Å². The Morgan fingerprint density at radius 2 is 2.44 bits per heavy atom. The number of rotatable bonds is 2. The van der Waals surface area contributed by atoms with E-state index in [0.717, 1.165) is 23.5 Å². The molecular weight excluding hydrogens is 298 g/mol. The minimum Gasteiger partial charge on any atom is -0.481 e. The number of carboxylic acid groups (broad SMARTS) is 1. The SMILES string of the molecule is O=C(O)C1CCc2c(-c3ccc[nH]3)nc(Br)n2C1. The molecule has 94 valence electrons. The number of nitrogens with zero attached hydrogens (tertiary/aromatic N) is 2. The van der Waals surface area contributed by atoms with Gasteiger partial charge < -0.3 is 14.7 Å². The van der Waals surface area contributed by atoms with Crippen LogP contribution in [0.5, 0.6) is 0 Å². The lowest BCUT2D eigenvalue weighted by atomic mass is 9.97. The first-order valence-electron chi connectivity index (χ1n) is 5.78. The molecule has 0 fully saturated rings. The highest BCUT2D eigenvalue weighted by Gasteiger charge is 2.28. The molecule has 2 aromatic rings. The third kappa shape index (κ3) is 1.77. The van der Waals surface area contributed by atoms with Crippen molar-refractivity contribution in [2.24, 2.45) is 5.92 Å². The molecule has 1 unspecified atom stereocenters. The smallest absolute Gasteiger partial charge is 0.308 e. The van der Waals surface area contributed by atoms with Crippen LogP contribution in [0.4, 0.5) is 0 Å². The van der Waals surface area contributed by atoms with E-state index in [0.29, 0.717) is 17.7 Å². The predicted octanol–water partition coefficient (Wildman–Crippen LogP) is 2.29. The van der Waals surface area contributed by atoms with Crippen LogP contribution in [0.2, 0.25) is 0 Å². The number of hydrogen-bond donors (Lipinski definition) is 2. The molecule has 0 saturated carbocycles. The maximum absolute atomic E-state index is 11.1. The van der Waals surface area contributed by atoms with Gasteiger partial charge in [-0.3, -0.25) is 4.79 Å². The second kappa shape index (κ2) is 4.28. The third-order valence-corrected chi connectivity index (χ3v) is 3.97. The third-order valence-electron chi connectivity index (χ3n) is 3.36. The van der Waals surface area contributed by atoms with Gasteiger partial charge in [0.2, 0.25) is 0 Å². The lowest BCUT2D eigenvalue weighted by molar-refractivity contribution is -0.142. The highest BCUT2D eigenvalue weighted by molar-refractivity contribution is 9.10.